The lowest BCUT2D eigenvalue weighted by Crippen LogP contribution is -2.37. The van der Waals surface area contributed by atoms with Gasteiger partial charge in [-0.15, -0.1) is 0 Å². The second-order valence-corrected chi connectivity index (χ2v) is 5.43. The van der Waals surface area contributed by atoms with Gasteiger partial charge in [0.15, 0.2) is 0 Å². The Morgan fingerprint density at radius 3 is 2.69 bits per heavy atom. The van der Waals surface area contributed by atoms with E-state index in [9.17, 15) is 0 Å². The van der Waals surface area contributed by atoms with Crippen molar-refractivity contribution in [2.45, 2.75) is 37.9 Å². The lowest BCUT2D eigenvalue weighted by atomic mass is 10.0. The number of benzene rings is 1. The molecule has 1 fully saturated rings. The molecule has 0 bridgehead atoms. The first-order valence-electron chi connectivity index (χ1n) is 5.83. The maximum absolute atomic E-state index is 6.03. The van der Waals surface area contributed by atoms with E-state index in [2.05, 4.69) is 28.1 Å². The number of ether oxygens (including phenoxy) is 1. The molecule has 0 unspecified atom stereocenters. The fourth-order valence-electron chi connectivity index (χ4n) is 2.29. The van der Waals surface area contributed by atoms with E-state index in [0.717, 1.165) is 17.3 Å². The van der Waals surface area contributed by atoms with Crippen LogP contribution in [0.3, 0.4) is 0 Å². The van der Waals surface area contributed by atoms with E-state index in [4.69, 9.17) is 10.5 Å². The molecular formula is C13H18BrNO. The number of hydrogen-bond donors (Lipinski definition) is 1. The van der Waals surface area contributed by atoms with E-state index in [0.29, 0.717) is 13.2 Å². The molecule has 0 aromatic heterocycles. The predicted octanol–water partition coefficient (Wildman–Crippen LogP) is 3.24. The molecule has 0 saturated heterocycles. The number of halogens is 1. The third kappa shape index (κ3) is 2.84. The smallest absolute Gasteiger partial charge is 0.0808 e. The Bertz CT molecular complexity index is 348. The normalized spacial score (nSPS) is 18.9. The molecule has 0 amide bonds. The minimum atomic E-state index is -0.0533. The average Bonchev–Trinajstić information content (AvgIpc) is 2.76. The molecule has 2 nitrogen and oxygen atoms in total. The maximum atomic E-state index is 6.03. The summed E-state index contributed by atoms with van der Waals surface area (Å²) in [7, 11) is 0. The van der Waals surface area contributed by atoms with Crippen molar-refractivity contribution in [3.63, 3.8) is 0 Å². The second kappa shape index (κ2) is 5.30. The highest BCUT2D eigenvalue weighted by Crippen LogP contribution is 2.33. The fraction of sp³-hybridized carbons (Fsp3) is 0.538. The minimum absolute atomic E-state index is 0.0533. The quantitative estimate of drug-likeness (QED) is 0.921. The van der Waals surface area contributed by atoms with Crippen molar-refractivity contribution in [2.24, 2.45) is 5.73 Å². The molecule has 16 heavy (non-hydrogen) atoms. The van der Waals surface area contributed by atoms with Crippen LogP contribution < -0.4 is 5.73 Å². The lowest BCUT2D eigenvalue weighted by Gasteiger charge is -2.27. The van der Waals surface area contributed by atoms with Crippen molar-refractivity contribution in [2.75, 3.05) is 6.54 Å². The Morgan fingerprint density at radius 2 is 2.06 bits per heavy atom. The van der Waals surface area contributed by atoms with Crippen molar-refractivity contribution in [1.82, 2.24) is 0 Å². The monoisotopic (exact) mass is 283 g/mol. The van der Waals surface area contributed by atoms with Gasteiger partial charge in [0.05, 0.1) is 12.2 Å². The first-order chi connectivity index (χ1) is 7.74. The summed E-state index contributed by atoms with van der Waals surface area (Å²) in [6.45, 7) is 1.30. The largest absolute Gasteiger partial charge is 0.369 e. The summed E-state index contributed by atoms with van der Waals surface area (Å²) in [6, 6.07) is 8.24. The van der Waals surface area contributed by atoms with Crippen LogP contribution in [0.4, 0.5) is 0 Å². The Hall–Kier alpha value is -0.380. The van der Waals surface area contributed by atoms with E-state index < -0.39 is 0 Å². The van der Waals surface area contributed by atoms with Gasteiger partial charge in [-0.25, -0.2) is 0 Å². The van der Waals surface area contributed by atoms with Crippen LogP contribution in [-0.4, -0.2) is 12.1 Å². The minimum Gasteiger partial charge on any atom is -0.369 e. The van der Waals surface area contributed by atoms with Gasteiger partial charge in [-0.1, -0.05) is 40.9 Å². The first-order valence-corrected chi connectivity index (χ1v) is 6.62. The highest BCUT2D eigenvalue weighted by atomic mass is 79.9. The average molecular weight is 284 g/mol. The molecular weight excluding hydrogens is 266 g/mol. The molecule has 88 valence electrons. The molecule has 2 rings (SSSR count). The van der Waals surface area contributed by atoms with Gasteiger partial charge in [-0.05, 0) is 30.5 Å². The van der Waals surface area contributed by atoms with Crippen LogP contribution in [0, 0.1) is 0 Å². The van der Waals surface area contributed by atoms with E-state index in [1.54, 1.807) is 0 Å². The molecule has 0 spiro atoms. The van der Waals surface area contributed by atoms with Crippen molar-refractivity contribution in [3.05, 3.63) is 34.3 Å². The molecule has 1 aromatic carbocycles. The van der Waals surface area contributed by atoms with E-state index >= 15 is 0 Å². The number of rotatable bonds is 4. The van der Waals surface area contributed by atoms with Crippen LogP contribution in [0.25, 0.3) is 0 Å². The van der Waals surface area contributed by atoms with Crippen LogP contribution >= 0.6 is 15.9 Å². The Balaban J connectivity index is 1.95. The maximum Gasteiger partial charge on any atom is 0.0808 e. The molecule has 3 heteroatoms. The first kappa shape index (κ1) is 12.1. The highest BCUT2D eigenvalue weighted by molar-refractivity contribution is 9.10. The third-order valence-electron chi connectivity index (χ3n) is 3.32. The molecule has 2 N–H and O–H groups in total. The van der Waals surface area contributed by atoms with Gasteiger partial charge in [-0.3, -0.25) is 0 Å². The van der Waals surface area contributed by atoms with Gasteiger partial charge in [0, 0.05) is 11.0 Å². The van der Waals surface area contributed by atoms with Crippen LogP contribution in [0.2, 0.25) is 0 Å². The zero-order valence-electron chi connectivity index (χ0n) is 9.42. The Kier molecular flexibility index (Phi) is 4.00. The second-order valence-electron chi connectivity index (χ2n) is 4.51. The van der Waals surface area contributed by atoms with E-state index in [1.165, 1.54) is 18.4 Å². The van der Waals surface area contributed by atoms with Gasteiger partial charge in [-0.2, -0.15) is 0 Å². The topological polar surface area (TPSA) is 35.2 Å². The summed E-state index contributed by atoms with van der Waals surface area (Å²) in [5, 5.41) is 0. The van der Waals surface area contributed by atoms with E-state index in [-0.39, 0.29) is 5.60 Å². The number of nitrogens with two attached hydrogens (primary N) is 1. The number of hydrogen-bond acceptors (Lipinski definition) is 2. The van der Waals surface area contributed by atoms with E-state index in [1.807, 2.05) is 12.1 Å². The summed E-state index contributed by atoms with van der Waals surface area (Å²) in [5.74, 6) is 0. The van der Waals surface area contributed by atoms with Gasteiger partial charge >= 0.3 is 0 Å². The Morgan fingerprint density at radius 1 is 1.31 bits per heavy atom. The molecule has 1 aliphatic carbocycles. The van der Waals surface area contributed by atoms with Gasteiger partial charge in [0.1, 0.15) is 0 Å². The molecule has 1 aromatic rings. The zero-order chi connectivity index (χ0) is 11.4. The van der Waals surface area contributed by atoms with Gasteiger partial charge < -0.3 is 10.5 Å². The van der Waals surface area contributed by atoms with Crippen molar-refractivity contribution >= 4 is 15.9 Å². The molecule has 0 atom stereocenters. The van der Waals surface area contributed by atoms with Crippen molar-refractivity contribution < 1.29 is 4.74 Å². The predicted molar refractivity (Wildman–Crippen MR) is 69.2 cm³/mol. The molecule has 0 radical (unpaired) electrons. The molecule has 1 aliphatic rings. The summed E-state index contributed by atoms with van der Waals surface area (Å²) < 4.78 is 7.13. The van der Waals surface area contributed by atoms with Gasteiger partial charge in [0.25, 0.3) is 0 Å². The standard InChI is InChI=1S/C13H18BrNO/c14-12-5-3-4-11(8-12)9-16-13(10-15)6-1-2-7-13/h3-5,8H,1-2,6-7,9-10,15H2. The zero-order valence-corrected chi connectivity index (χ0v) is 11.0. The summed E-state index contributed by atoms with van der Waals surface area (Å²) in [4.78, 5) is 0. The summed E-state index contributed by atoms with van der Waals surface area (Å²) in [5.41, 5.74) is 6.98. The van der Waals surface area contributed by atoms with Crippen molar-refractivity contribution in [1.29, 1.82) is 0 Å². The molecule has 0 aliphatic heterocycles. The third-order valence-corrected chi connectivity index (χ3v) is 3.81. The van der Waals surface area contributed by atoms with Crippen LogP contribution in [-0.2, 0) is 11.3 Å². The van der Waals surface area contributed by atoms with Gasteiger partial charge in [0.2, 0.25) is 0 Å². The summed E-state index contributed by atoms with van der Waals surface area (Å²) >= 11 is 3.47. The Labute approximate surface area is 105 Å². The van der Waals surface area contributed by atoms with Crippen LogP contribution in [0.15, 0.2) is 28.7 Å². The van der Waals surface area contributed by atoms with Crippen LogP contribution in [0.1, 0.15) is 31.2 Å². The van der Waals surface area contributed by atoms with Crippen molar-refractivity contribution in [3.8, 4) is 0 Å². The summed E-state index contributed by atoms with van der Waals surface area (Å²) in [6.07, 6.45) is 4.71. The molecule has 0 heterocycles. The van der Waals surface area contributed by atoms with Crippen LogP contribution in [0.5, 0.6) is 0 Å². The SMILES string of the molecule is NCC1(OCc2cccc(Br)c2)CCCC1. The fourth-order valence-corrected chi connectivity index (χ4v) is 2.74. The highest BCUT2D eigenvalue weighted by Gasteiger charge is 2.33. The molecule has 1 saturated carbocycles. The lowest BCUT2D eigenvalue weighted by molar-refractivity contribution is -0.0448.